The van der Waals surface area contributed by atoms with Crippen LogP contribution in [0.1, 0.15) is 15.9 Å². The number of methoxy groups -OCH3 is 1. The Labute approximate surface area is 199 Å². The second-order valence-electron chi connectivity index (χ2n) is 7.77. The van der Waals surface area contributed by atoms with Gasteiger partial charge in [-0.05, 0) is 66.1 Å². The molecule has 1 amide bonds. The van der Waals surface area contributed by atoms with Crippen molar-refractivity contribution in [2.75, 3.05) is 12.4 Å². The zero-order valence-corrected chi connectivity index (χ0v) is 19.2. The number of nitrogens with zero attached hydrogens (tertiary/aromatic N) is 2. The van der Waals surface area contributed by atoms with Gasteiger partial charge in [-0.25, -0.2) is 0 Å². The molecule has 6 nitrogen and oxygen atoms in total. The fraction of sp³-hybridized carbons (Fsp3) is 0.154. The number of aromatic nitrogens is 2. The molecule has 0 saturated carbocycles. The van der Waals surface area contributed by atoms with Gasteiger partial charge in [0.05, 0.1) is 12.8 Å². The number of rotatable bonds is 6. The molecule has 3 aromatic carbocycles. The zero-order valence-electron chi connectivity index (χ0n) is 19.2. The highest BCUT2D eigenvalue weighted by Crippen LogP contribution is 2.30. The van der Waals surface area contributed by atoms with Crippen LogP contribution in [0.4, 0.5) is 19.0 Å². The van der Waals surface area contributed by atoms with Gasteiger partial charge in [-0.2, -0.15) is 5.10 Å². The molecule has 1 heterocycles. The average molecular weight is 481 g/mol. The largest absolute Gasteiger partial charge is 0.573 e. The molecule has 0 fully saturated rings. The number of anilines is 1. The normalized spacial score (nSPS) is 11.3. The predicted molar refractivity (Wildman–Crippen MR) is 126 cm³/mol. The summed E-state index contributed by atoms with van der Waals surface area (Å²) in [6.45, 7) is 1.79. The van der Waals surface area contributed by atoms with Crippen LogP contribution in [0.15, 0.2) is 72.8 Å². The molecular formula is C26H22F3N3O3. The molecule has 0 aliphatic carbocycles. The number of ether oxygens (including phenoxy) is 2. The minimum absolute atomic E-state index is 0.309. The van der Waals surface area contributed by atoms with Crippen molar-refractivity contribution in [3.05, 3.63) is 83.9 Å². The summed E-state index contributed by atoms with van der Waals surface area (Å²) in [6.07, 6.45) is -4.76. The highest BCUT2D eigenvalue weighted by molar-refractivity contribution is 6.06. The molecule has 0 unspecified atom stereocenters. The van der Waals surface area contributed by atoms with Crippen molar-refractivity contribution in [2.24, 2.45) is 7.05 Å². The Morgan fingerprint density at radius 3 is 2.20 bits per heavy atom. The molecule has 0 aliphatic rings. The quantitative estimate of drug-likeness (QED) is 0.355. The lowest BCUT2D eigenvalue weighted by Gasteiger charge is -2.13. The predicted octanol–water partition coefficient (Wildman–Crippen LogP) is 6.22. The smallest absolute Gasteiger partial charge is 0.497 e. The highest BCUT2D eigenvalue weighted by Gasteiger charge is 2.31. The van der Waals surface area contributed by atoms with Crippen LogP contribution in [-0.2, 0) is 7.05 Å². The summed E-state index contributed by atoms with van der Waals surface area (Å²) >= 11 is 0. The Morgan fingerprint density at radius 2 is 1.57 bits per heavy atom. The molecule has 0 atom stereocenters. The Kier molecular flexibility index (Phi) is 6.50. The van der Waals surface area contributed by atoms with Gasteiger partial charge in [-0.1, -0.05) is 24.3 Å². The summed E-state index contributed by atoms with van der Waals surface area (Å²) in [4.78, 5) is 13.1. The van der Waals surface area contributed by atoms with E-state index in [9.17, 15) is 18.0 Å². The second kappa shape index (κ2) is 9.54. The molecule has 1 N–H and O–H groups in total. The van der Waals surface area contributed by atoms with Crippen LogP contribution in [0.5, 0.6) is 11.5 Å². The van der Waals surface area contributed by atoms with Crippen LogP contribution in [0.2, 0.25) is 0 Å². The lowest BCUT2D eigenvalue weighted by molar-refractivity contribution is -0.274. The Hall–Kier alpha value is -4.27. The van der Waals surface area contributed by atoms with E-state index in [2.05, 4.69) is 15.2 Å². The van der Waals surface area contributed by atoms with E-state index in [1.807, 2.05) is 24.3 Å². The molecule has 0 aliphatic heterocycles. The lowest BCUT2D eigenvalue weighted by atomic mass is 9.96. The van der Waals surface area contributed by atoms with Crippen molar-refractivity contribution < 1.29 is 27.4 Å². The third-order valence-electron chi connectivity index (χ3n) is 5.48. The molecule has 0 bridgehead atoms. The maximum Gasteiger partial charge on any atom is 0.573 e. The number of benzene rings is 3. The number of nitrogens with one attached hydrogen (secondary N) is 1. The van der Waals surface area contributed by atoms with Crippen molar-refractivity contribution in [1.29, 1.82) is 0 Å². The van der Waals surface area contributed by atoms with Gasteiger partial charge in [0, 0.05) is 24.2 Å². The lowest BCUT2D eigenvalue weighted by Crippen LogP contribution is -2.17. The molecule has 0 saturated heterocycles. The van der Waals surface area contributed by atoms with Gasteiger partial charge in [0.2, 0.25) is 0 Å². The highest BCUT2D eigenvalue weighted by atomic mass is 19.4. The number of alkyl halides is 3. The molecule has 180 valence electrons. The minimum Gasteiger partial charge on any atom is -0.497 e. The first-order chi connectivity index (χ1) is 16.6. The van der Waals surface area contributed by atoms with Gasteiger partial charge >= 0.3 is 6.36 Å². The van der Waals surface area contributed by atoms with E-state index in [4.69, 9.17) is 4.74 Å². The topological polar surface area (TPSA) is 65.4 Å². The fourth-order valence-electron chi connectivity index (χ4n) is 3.70. The minimum atomic E-state index is -4.76. The van der Waals surface area contributed by atoms with Gasteiger partial charge in [0.25, 0.3) is 5.91 Å². The Bertz CT molecular complexity index is 1350. The molecular weight excluding hydrogens is 459 g/mol. The molecule has 0 radical (unpaired) electrons. The molecule has 0 spiro atoms. The maximum absolute atomic E-state index is 13.1. The molecule has 9 heteroatoms. The number of hydrogen-bond donors (Lipinski definition) is 1. The molecule has 35 heavy (non-hydrogen) atoms. The third kappa shape index (κ3) is 5.46. The van der Waals surface area contributed by atoms with Crippen molar-refractivity contribution in [3.63, 3.8) is 0 Å². The van der Waals surface area contributed by atoms with Crippen molar-refractivity contribution in [3.8, 4) is 33.9 Å². The van der Waals surface area contributed by atoms with E-state index in [1.165, 1.54) is 24.3 Å². The van der Waals surface area contributed by atoms with Crippen LogP contribution in [0.25, 0.3) is 22.4 Å². The van der Waals surface area contributed by atoms with E-state index < -0.39 is 6.36 Å². The van der Waals surface area contributed by atoms with Crippen LogP contribution in [0.3, 0.4) is 0 Å². The standard InChI is InChI=1S/C26H22F3N3O3/c1-16-21(17-7-13-20(14-8-17)35-26(27,28)29)5-4-6-22(16)25(33)30-24-15-23(31-32(24)2)18-9-11-19(34-3)12-10-18/h4-15H,1-3H3,(H,30,33). The number of hydrogen-bond acceptors (Lipinski definition) is 4. The molecule has 4 aromatic rings. The van der Waals surface area contributed by atoms with Crippen LogP contribution in [0, 0.1) is 6.92 Å². The van der Waals surface area contributed by atoms with Gasteiger partial charge in [-0.15, -0.1) is 13.2 Å². The number of halogens is 3. The SMILES string of the molecule is COc1ccc(-c2cc(NC(=O)c3cccc(-c4ccc(OC(F)(F)F)cc4)c3C)n(C)n2)cc1. The monoisotopic (exact) mass is 481 g/mol. The van der Waals surface area contributed by atoms with Gasteiger partial charge in [0.1, 0.15) is 17.3 Å². The van der Waals surface area contributed by atoms with Gasteiger partial charge < -0.3 is 14.8 Å². The van der Waals surface area contributed by atoms with Crippen molar-refractivity contribution >= 4 is 11.7 Å². The first kappa shape index (κ1) is 23.9. The molecule has 1 aromatic heterocycles. The Morgan fingerprint density at radius 1 is 0.943 bits per heavy atom. The van der Waals surface area contributed by atoms with E-state index in [0.29, 0.717) is 28.2 Å². The zero-order chi connectivity index (χ0) is 25.2. The van der Waals surface area contributed by atoms with Crippen molar-refractivity contribution in [1.82, 2.24) is 9.78 Å². The first-order valence-corrected chi connectivity index (χ1v) is 10.6. The number of carbonyl (C=O) groups excluding carboxylic acids is 1. The second-order valence-corrected chi connectivity index (χ2v) is 7.77. The average Bonchev–Trinajstić information content (AvgIpc) is 3.19. The van der Waals surface area contributed by atoms with E-state index in [-0.39, 0.29) is 11.7 Å². The number of carbonyl (C=O) groups is 1. The van der Waals surface area contributed by atoms with E-state index in [0.717, 1.165) is 16.9 Å². The summed E-state index contributed by atoms with van der Waals surface area (Å²) in [7, 11) is 3.33. The maximum atomic E-state index is 13.1. The van der Waals surface area contributed by atoms with Gasteiger partial charge in [-0.3, -0.25) is 9.48 Å². The molecule has 4 rings (SSSR count). The summed E-state index contributed by atoms with van der Waals surface area (Å²) < 4.78 is 48.0. The van der Waals surface area contributed by atoms with Crippen molar-refractivity contribution in [2.45, 2.75) is 13.3 Å². The van der Waals surface area contributed by atoms with E-state index in [1.54, 1.807) is 50.0 Å². The summed E-state index contributed by atoms with van der Waals surface area (Å²) in [5.74, 6) is 0.609. The number of amides is 1. The summed E-state index contributed by atoms with van der Waals surface area (Å²) in [5.41, 5.74) is 4.07. The van der Waals surface area contributed by atoms with Crippen LogP contribution in [-0.4, -0.2) is 29.2 Å². The van der Waals surface area contributed by atoms with Crippen LogP contribution < -0.4 is 14.8 Å². The summed E-state index contributed by atoms with van der Waals surface area (Å²) in [6, 6.07) is 19.9. The van der Waals surface area contributed by atoms with E-state index >= 15 is 0 Å². The van der Waals surface area contributed by atoms with Crippen LogP contribution >= 0.6 is 0 Å². The Balaban J connectivity index is 1.55. The van der Waals surface area contributed by atoms with Gasteiger partial charge in [0.15, 0.2) is 0 Å². The fourth-order valence-corrected chi connectivity index (χ4v) is 3.70. The third-order valence-corrected chi connectivity index (χ3v) is 5.48. The summed E-state index contributed by atoms with van der Waals surface area (Å²) in [5, 5.41) is 7.36. The first-order valence-electron chi connectivity index (χ1n) is 10.6. The number of aryl methyl sites for hydroxylation is 1.